The van der Waals surface area contributed by atoms with Crippen molar-refractivity contribution in [2.75, 3.05) is 38.2 Å². The van der Waals surface area contributed by atoms with Crippen LogP contribution in [0.1, 0.15) is 15.9 Å². The minimum Gasteiger partial charge on any atom is -0.465 e. The molecular formula is C14H18N4O2. The number of aromatic nitrogens is 2. The third-order valence-electron chi connectivity index (χ3n) is 3.66. The van der Waals surface area contributed by atoms with Gasteiger partial charge in [-0.1, -0.05) is 6.07 Å². The molecule has 2 N–H and O–H groups in total. The quantitative estimate of drug-likeness (QED) is 0.802. The van der Waals surface area contributed by atoms with E-state index in [0.717, 1.165) is 43.2 Å². The molecule has 0 spiro atoms. The number of nitrogens with one attached hydrogen (secondary N) is 2. The normalized spacial score (nSPS) is 15.6. The fourth-order valence-corrected chi connectivity index (χ4v) is 2.55. The summed E-state index contributed by atoms with van der Waals surface area (Å²) in [5.41, 5.74) is 2.97. The number of carbonyl (C=O) groups excluding carboxylic acids is 1. The third kappa shape index (κ3) is 2.12. The number of aromatic amines is 1. The van der Waals surface area contributed by atoms with E-state index in [1.54, 1.807) is 0 Å². The number of H-pyrrole nitrogens is 1. The zero-order chi connectivity index (χ0) is 14.1. The SMILES string of the molecule is COC(=O)c1c(C)ccc2[nH]c(N3CCNCC3)nc12. The molecule has 1 aliphatic heterocycles. The second-order valence-corrected chi connectivity index (χ2v) is 4.94. The van der Waals surface area contributed by atoms with E-state index in [4.69, 9.17) is 4.74 Å². The van der Waals surface area contributed by atoms with E-state index in [9.17, 15) is 4.79 Å². The lowest BCUT2D eigenvalue weighted by Gasteiger charge is -2.26. The summed E-state index contributed by atoms with van der Waals surface area (Å²) >= 11 is 0. The number of hydrogen-bond acceptors (Lipinski definition) is 5. The molecule has 0 saturated carbocycles. The minimum atomic E-state index is -0.341. The van der Waals surface area contributed by atoms with Gasteiger partial charge in [0.2, 0.25) is 5.95 Å². The minimum absolute atomic E-state index is 0.341. The van der Waals surface area contributed by atoms with Gasteiger partial charge in [-0.2, -0.15) is 0 Å². The standard InChI is InChI=1S/C14H18N4O2/c1-9-3-4-10-12(11(9)13(19)20-2)17-14(16-10)18-7-5-15-6-8-18/h3-4,15H,5-8H2,1-2H3,(H,16,17). The Bertz CT molecular complexity index is 644. The zero-order valence-corrected chi connectivity index (χ0v) is 11.7. The Kier molecular flexibility index (Phi) is 3.31. The predicted molar refractivity (Wildman–Crippen MR) is 77.3 cm³/mol. The largest absolute Gasteiger partial charge is 0.465 e. The van der Waals surface area contributed by atoms with Crippen LogP contribution < -0.4 is 10.2 Å². The Morgan fingerprint density at radius 3 is 2.80 bits per heavy atom. The molecule has 20 heavy (non-hydrogen) atoms. The summed E-state index contributed by atoms with van der Waals surface area (Å²) in [5, 5.41) is 3.31. The van der Waals surface area contributed by atoms with Crippen LogP contribution in [0.3, 0.4) is 0 Å². The molecule has 2 heterocycles. The fourth-order valence-electron chi connectivity index (χ4n) is 2.55. The number of methoxy groups -OCH3 is 1. The van der Waals surface area contributed by atoms with Crippen LogP contribution in [0.5, 0.6) is 0 Å². The van der Waals surface area contributed by atoms with Crippen LogP contribution in [0.15, 0.2) is 12.1 Å². The summed E-state index contributed by atoms with van der Waals surface area (Å²) in [6.45, 7) is 5.60. The van der Waals surface area contributed by atoms with Crippen LogP contribution in [0.25, 0.3) is 11.0 Å². The van der Waals surface area contributed by atoms with E-state index < -0.39 is 0 Å². The average molecular weight is 274 g/mol. The van der Waals surface area contributed by atoms with Crippen molar-refractivity contribution in [3.63, 3.8) is 0 Å². The van der Waals surface area contributed by atoms with Gasteiger partial charge in [0.25, 0.3) is 0 Å². The predicted octanol–water partition coefficient (Wildman–Crippen LogP) is 1.07. The Morgan fingerprint density at radius 2 is 2.10 bits per heavy atom. The van der Waals surface area contributed by atoms with Crippen molar-refractivity contribution in [2.45, 2.75) is 6.92 Å². The van der Waals surface area contributed by atoms with E-state index >= 15 is 0 Å². The molecule has 6 nitrogen and oxygen atoms in total. The number of carbonyl (C=O) groups is 1. The average Bonchev–Trinajstić information content (AvgIpc) is 2.91. The molecular weight excluding hydrogens is 256 g/mol. The van der Waals surface area contributed by atoms with Gasteiger partial charge < -0.3 is 19.9 Å². The number of rotatable bonds is 2. The molecule has 0 atom stereocenters. The van der Waals surface area contributed by atoms with Crippen molar-refractivity contribution in [1.82, 2.24) is 15.3 Å². The number of fused-ring (bicyclic) bond motifs is 1. The molecule has 0 amide bonds. The summed E-state index contributed by atoms with van der Waals surface area (Å²) in [6, 6.07) is 3.87. The number of piperazine rings is 1. The molecule has 0 radical (unpaired) electrons. The molecule has 1 fully saturated rings. The van der Waals surface area contributed by atoms with Crippen LogP contribution in [-0.2, 0) is 4.74 Å². The lowest BCUT2D eigenvalue weighted by Crippen LogP contribution is -2.44. The highest BCUT2D eigenvalue weighted by molar-refractivity contribution is 6.03. The van der Waals surface area contributed by atoms with Crippen molar-refractivity contribution in [1.29, 1.82) is 0 Å². The Hall–Kier alpha value is -2.08. The number of ether oxygens (including phenoxy) is 1. The van der Waals surface area contributed by atoms with Crippen molar-refractivity contribution in [2.24, 2.45) is 0 Å². The molecule has 2 aromatic rings. The van der Waals surface area contributed by atoms with Crippen molar-refractivity contribution >= 4 is 23.0 Å². The summed E-state index contributed by atoms with van der Waals surface area (Å²) < 4.78 is 4.86. The molecule has 0 bridgehead atoms. The van der Waals surface area contributed by atoms with E-state index in [0.29, 0.717) is 11.1 Å². The number of aryl methyl sites for hydroxylation is 1. The highest BCUT2D eigenvalue weighted by Crippen LogP contribution is 2.24. The summed E-state index contributed by atoms with van der Waals surface area (Å²) in [5.74, 6) is 0.476. The smallest absolute Gasteiger partial charge is 0.340 e. The van der Waals surface area contributed by atoms with Gasteiger partial charge >= 0.3 is 5.97 Å². The van der Waals surface area contributed by atoms with Crippen LogP contribution >= 0.6 is 0 Å². The molecule has 6 heteroatoms. The first-order chi connectivity index (χ1) is 9.70. The van der Waals surface area contributed by atoms with Gasteiger partial charge in [-0.3, -0.25) is 0 Å². The lowest BCUT2D eigenvalue weighted by molar-refractivity contribution is 0.0602. The Morgan fingerprint density at radius 1 is 1.35 bits per heavy atom. The maximum Gasteiger partial charge on any atom is 0.340 e. The van der Waals surface area contributed by atoms with Gasteiger partial charge in [0, 0.05) is 26.2 Å². The monoisotopic (exact) mass is 274 g/mol. The molecule has 1 aliphatic rings. The molecule has 0 aliphatic carbocycles. The van der Waals surface area contributed by atoms with Crippen molar-refractivity contribution < 1.29 is 9.53 Å². The molecule has 1 saturated heterocycles. The van der Waals surface area contributed by atoms with Crippen LogP contribution in [0.4, 0.5) is 5.95 Å². The van der Waals surface area contributed by atoms with Gasteiger partial charge in [0.1, 0.15) is 5.52 Å². The molecule has 0 unspecified atom stereocenters. The number of anilines is 1. The maximum atomic E-state index is 11.9. The Balaban J connectivity index is 2.08. The number of esters is 1. The van der Waals surface area contributed by atoms with E-state index in [2.05, 4.69) is 20.2 Å². The first-order valence-corrected chi connectivity index (χ1v) is 6.74. The third-order valence-corrected chi connectivity index (χ3v) is 3.66. The van der Waals surface area contributed by atoms with Gasteiger partial charge in [0.15, 0.2) is 0 Å². The van der Waals surface area contributed by atoms with E-state index in [-0.39, 0.29) is 5.97 Å². The topological polar surface area (TPSA) is 70.2 Å². The van der Waals surface area contributed by atoms with Crippen LogP contribution in [-0.4, -0.2) is 49.2 Å². The summed E-state index contributed by atoms with van der Waals surface area (Å²) in [7, 11) is 1.39. The number of benzene rings is 1. The lowest BCUT2D eigenvalue weighted by atomic mass is 10.1. The zero-order valence-electron chi connectivity index (χ0n) is 11.7. The summed E-state index contributed by atoms with van der Waals surface area (Å²) in [6.07, 6.45) is 0. The first kappa shape index (κ1) is 12.9. The molecule has 106 valence electrons. The highest BCUT2D eigenvalue weighted by Gasteiger charge is 2.20. The van der Waals surface area contributed by atoms with Crippen LogP contribution in [0, 0.1) is 6.92 Å². The second-order valence-electron chi connectivity index (χ2n) is 4.94. The van der Waals surface area contributed by atoms with E-state index in [1.165, 1.54) is 7.11 Å². The molecule has 3 rings (SSSR count). The van der Waals surface area contributed by atoms with Gasteiger partial charge in [-0.05, 0) is 18.6 Å². The maximum absolute atomic E-state index is 11.9. The van der Waals surface area contributed by atoms with Crippen LogP contribution in [0.2, 0.25) is 0 Å². The van der Waals surface area contributed by atoms with E-state index in [1.807, 2.05) is 19.1 Å². The number of imidazole rings is 1. The molecule has 1 aromatic carbocycles. The Labute approximate surface area is 117 Å². The fraction of sp³-hybridized carbons (Fsp3) is 0.429. The summed E-state index contributed by atoms with van der Waals surface area (Å²) in [4.78, 5) is 22.0. The highest BCUT2D eigenvalue weighted by atomic mass is 16.5. The van der Waals surface area contributed by atoms with Crippen molar-refractivity contribution in [3.8, 4) is 0 Å². The molecule has 1 aromatic heterocycles. The van der Waals surface area contributed by atoms with Gasteiger partial charge in [-0.25, -0.2) is 9.78 Å². The second kappa shape index (κ2) is 5.13. The number of nitrogens with zero attached hydrogens (tertiary/aromatic N) is 2. The van der Waals surface area contributed by atoms with Gasteiger partial charge in [0.05, 0.1) is 18.2 Å². The first-order valence-electron chi connectivity index (χ1n) is 6.74. The number of hydrogen-bond donors (Lipinski definition) is 2. The van der Waals surface area contributed by atoms with Crippen molar-refractivity contribution in [3.05, 3.63) is 23.3 Å². The van der Waals surface area contributed by atoms with Gasteiger partial charge in [-0.15, -0.1) is 0 Å².